The number of benzene rings is 1. The Morgan fingerprint density at radius 2 is 2.00 bits per heavy atom. The fourth-order valence-corrected chi connectivity index (χ4v) is 4.00. The van der Waals surface area contributed by atoms with Gasteiger partial charge in [-0.05, 0) is 51.1 Å². The van der Waals surface area contributed by atoms with Crippen molar-refractivity contribution in [3.63, 3.8) is 0 Å². The Morgan fingerprint density at radius 1 is 1.19 bits per heavy atom. The second-order valence-corrected chi connectivity index (χ2v) is 7.96. The second kappa shape index (κ2) is 11.0. The van der Waals surface area contributed by atoms with E-state index in [1.807, 2.05) is 49.0 Å². The quantitative estimate of drug-likeness (QED) is 0.407. The first kappa shape index (κ1) is 23.7. The molecular weight excluding hydrogens is 403 g/mol. The van der Waals surface area contributed by atoms with E-state index in [-0.39, 0.29) is 11.6 Å². The number of fused-ring (bicyclic) bond motifs is 1. The predicted molar refractivity (Wildman–Crippen MR) is 130 cm³/mol. The molecule has 3 aromatic rings. The molecule has 0 aliphatic rings. The van der Waals surface area contributed by atoms with Crippen LogP contribution in [0.3, 0.4) is 0 Å². The Kier molecular flexibility index (Phi) is 8.17. The van der Waals surface area contributed by atoms with Gasteiger partial charge in [-0.2, -0.15) is 0 Å². The lowest BCUT2D eigenvalue weighted by Crippen LogP contribution is -2.09. The van der Waals surface area contributed by atoms with Gasteiger partial charge in [-0.3, -0.25) is 4.99 Å². The minimum atomic E-state index is -0.361. The van der Waals surface area contributed by atoms with Crippen molar-refractivity contribution in [1.82, 2.24) is 14.7 Å². The first-order chi connectivity index (χ1) is 15.5. The summed E-state index contributed by atoms with van der Waals surface area (Å²) in [5.41, 5.74) is 7.03. The number of aromatic nitrogens is 2. The van der Waals surface area contributed by atoms with E-state index in [4.69, 9.17) is 4.74 Å². The lowest BCUT2D eigenvalue weighted by Gasteiger charge is -2.16. The van der Waals surface area contributed by atoms with Gasteiger partial charge in [0.25, 0.3) is 0 Å². The number of nitrogens with one attached hydrogen (secondary N) is 1. The van der Waals surface area contributed by atoms with Crippen LogP contribution >= 0.6 is 0 Å². The van der Waals surface area contributed by atoms with Crippen LogP contribution in [0.15, 0.2) is 58.9 Å². The fourth-order valence-electron chi connectivity index (χ4n) is 4.00. The third-order valence-corrected chi connectivity index (χ3v) is 5.73. The van der Waals surface area contributed by atoms with Crippen molar-refractivity contribution in [3.8, 4) is 16.9 Å². The van der Waals surface area contributed by atoms with Crippen LogP contribution in [0, 0.1) is 5.82 Å². The number of imidazole rings is 1. The molecule has 0 saturated carbocycles. The van der Waals surface area contributed by atoms with Crippen LogP contribution in [0.25, 0.3) is 16.8 Å². The van der Waals surface area contributed by atoms with Crippen molar-refractivity contribution in [3.05, 3.63) is 65.4 Å². The molecule has 2 aromatic heterocycles. The van der Waals surface area contributed by atoms with E-state index in [0.717, 1.165) is 41.0 Å². The normalized spacial score (nSPS) is 12.9. The molecule has 0 unspecified atom stereocenters. The summed E-state index contributed by atoms with van der Waals surface area (Å²) in [5.74, 6) is -0.0823. The molecule has 0 fully saturated rings. The van der Waals surface area contributed by atoms with E-state index < -0.39 is 0 Å². The topological polar surface area (TPSA) is 50.9 Å². The summed E-state index contributed by atoms with van der Waals surface area (Å²) in [6.45, 7) is 7.41. The minimum Gasteiger partial charge on any atom is -0.490 e. The van der Waals surface area contributed by atoms with Gasteiger partial charge in [0.1, 0.15) is 5.65 Å². The molecule has 0 bridgehead atoms. The summed E-state index contributed by atoms with van der Waals surface area (Å²) in [6, 6.07) is 8.95. The van der Waals surface area contributed by atoms with Crippen molar-refractivity contribution in [1.29, 1.82) is 0 Å². The monoisotopic (exact) mass is 436 g/mol. The summed E-state index contributed by atoms with van der Waals surface area (Å²) < 4.78 is 22.9. The maximum Gasteiger partial charge on any atom is 0.165 e. The van der Waals surface area contributed by atoms with Gasteiger partial charge in [0.15, 0.2) is 11.6 Å². The van der Waals surface area contributed by atoms with E-state index in [0.29, 0.717) is 19.6 Å². The Morgan fingerprint density at radius 3 is 2.72 bits per heavy atom. The van der Waals surface area contributed by atoms with Crippen LogP contribution in [-0.4, -0.2) is 35.8 Å². The molecule has 0 saturated heterocycles. The lowest BCUT2D eigenvalue weighted by atomic mass is 9.99. The first-order valence-electron chi connectivity index (χ1n) is 11.1. The summed E-state index contributed by atoms with van der Waals surface area (Å²) in [4.78, 5) is 8.80. The van der Waals surface area contributed by atoms with Crippen molar-refractivity contribution >= 4 is 11.4 Å². The minimum absolute atomic E-state index is 0.278. The number of pyridine rings is 1. The van der Waals surface area contributed by atoms with Gasteiger partial charge in [0.2, 0.25) is 0 Å². The predicted octanol–water partition coefficient (Wildman–Crippen LogP) is 5.84. The van der Waals surface area contributed by atoms with Gasteiger partial charge in [0, 0.05) is 43.0 Å². The highest BCUT2D eigenvalue weighted by molar-refractivity contribution is 5.98. The molecule has 32 heavy (non-hydrogen) atoms. The van der Waals surface area contributed by atoms with E-state index in [1.54, 1.807) is 13.1 Å². The number of aliphatic imine (C=N–C) groups is 1. The molecule has 5 nitrogen and oxygen atoms in total. The largest absolute Gasteiger partial charge is 0.490 e. The number of hydrogen-bond acceptors (Lipinski definition) is 4. The van der Waals surface area contributed by atoms with Gasteiger partial charge in [-0.15, -0.1) is 0 Å². The lowest BCUT2D eigenvalue weighted by molar-refractivity contribution is 0.307. The Hall–Kier alpha value is -2.99. The van der Waals surface area contributed by atoms with E-state index in [2.05, 4.69) is 29.1 Å². The smallest absolute Gasteiger partial charge is 0.165 e. The van der Waals surface area contributed by atoms with Crippen LogP contribution < -0.4 is 10.1 Å². The third kappa shape index (κ3) is 5.25. The van der Waals surface area contributed by atoms with Gasteiger partial charge in [0.05, 0.1) is 18.5 Å². The molecule has 0 atom stereocenters. The maximum atomic E-state index is 14.8. The molecule has 3 rings (SSSR count). The number of rotatable bonds is 10. The average molecular weight is 437 g/mol. The zero-order valence-electron chi connectivity index (χ0n) is 19.7. The molecule has 1 aromatic carbocycles. The highest BCUT2D eigenvalue weighted by Gasteiger charge is 2.15. The Labute approximate surface area is 190 Å². The van der Waals surface area contributed by atoms with Crippen molar-refractivity contribution in [2.75, 3.05) is 20.7 Å². The van der Waals surface area contributed by atoms with Crippen molar-refractivity contribution in [2.24, 2.45) is 4.99 Å². The molecule has 0 radical (unpaired) electrons. The van der Waals surface area contributed by atoms with E-state index in [1.165, 1.54) is 17.2 Å². The second-order valence-electron chi connectivity index (χ2n) is 7.96. The third-order valence-electron chi connectivity index (χ3n) is 5.73. The first-order valence-corrected chi connectivity index (χ1v) is 11.1. The van der Waals surface area contributed by atoms with E-state index in [9.17, 15) is 4.39 Å². The number of halogens is 1. The molecule has 1 N–H and O–H groups in total. The fraction of sp³-hybridized carbons (Fsp3) is 0.385. The standard InChI is InChI=1S/C26H33FN4O/c1-6-8-18(2)22(19(3)29-5)13-14-32-26-23(9-7-10-24(26)27)20-11-12-25-30-16-21(15-28-4)31(25)17-20/h7,9-12,16-17,28H,6,8,13-15H2,1-5H3/b22-18-,29-19?. The molecule has 0 aliphatic carbocycles. The van der Waals surface area contributed by atoms with Crippen LogP contribution in [-0.2, 0) is 6.54 Å². The summed E-state index contributed by atoms with van der Waals surface area (Å²) in [7, 11) is 3.70. The highest BCUT2D eigenvalue weighted by Crippen LogP contribution is 2.33. The molecule has 2 heterocycles. The summed E-state index contributed by atoms with van der Waals surface area (Å²) >= 11 is 0. The van der Waals surface area contributed by atoms with Crippen LogP contribution in [0.4, 0.5) is 4.39 Å². The highest BCUT2D eigenvalue weighted by atomic mass is 19.1. The number of allylic oxidation sites excluding steroid dienone is 1. The molecule has 0 spiro atoms. The summed E-state index contributed by atoms with van der Waals surface area (Å²) in [6.07, 6.45) is 6.63. The Bertz CT molecular complexity index is 1130. The zero-order valence-corrected chi connectivity index (χ0v) is 19.7. The number of hydrogen-bond donors (Lipinski definition) is 1. The van der Waals surface area contributed by atoms with Gasteiger partial charge >= 0.3 is 0 Å². The number of para-hydroxylation sites is 1. The van der Waals surface area contributed by atoms with Crippen LogP contribution in [0.1, 0.15) is 45.7 Å². The average Bonchev–Trinajstić information content (AvgIpc) is 3.19. The molecule has 0 amide bonds. The van der Waals surface area contributed by atoms with Crippen molar-refractivity contribution in [2.45, 2.75) is 46.6 Å². The molecule has 0 aliphatic heterocycles. The van der Waals surface area contributed by atoms with Gasteiger partial charge in [-0.25, -0.2) is 9.37 Å². The van der Waals surface area contributed by atoms with Crippen LogP contribution in [0.2, 0.25) is 0 Å². The van der Waals surface area contributed by atoms with Crippen molar-refractivity contribution < 1.29 is 9.13 Å². The summed E-state index contributed by atoms with van der Waals surface area (Å²) in [5, 5.41) is 3.15. The molecular formula is C26H33FN4O. The Balaban J connectivity index is 1.89. The van der Waals surface area contributed by atoms with Crippen LogP contribution in [0.5, 0.6) is 5.75 Å². The van der Waals surface area contributed by atoms with Gasteiger partial charge in [-0.1, -0.05) is 31.1 Å². The van der Waals surface area contributed by atoms with E-state index >= 15 is 0 Å². The number of ether oxygens (including phenoxy) is 1. The van der Waals surface area contributed by atoms with Gasteiger partial charge < -0.3 is 14.5 Å². The molecule has 6 heteroatoms. The SMILES string of the molecule is CCC/C(C)=C(/CCOc1c(F)cccc1-c1ccc2ncc(CNC)n2c1)C(C)=NC. The number of nitrogens with zero attached hydrogens (tertiary/aromatic N) is 3. The maximum absolute atomic E-state index is 14.8. The zero-order chi connectivity index (χ0) is 23.1. The molecule has 170 valence electrons.